The summed E-state index contributed by atoms with van der Waals surface area (Å²) in [7, 11) is 1.87. The van der Waals surface area contributed by atoms with Gasteiger partial charge in [0.05, 0.1) is 18.1 Å². The minimum Gasteiger partial charge on any atom is -0.395 e. The zero-order chi connectivity index (χ0) is 18.1. The summed E-state index contributed by atoms with van der Waals surface area (Å²) >= 11 is 1.50. The molecule has 0 atom stereocenters. The molecule has 0 aromatic carbocycles. The summed E-state index contributed by atoms with van der Waals surface area (Å²) in [6.07, 6.45) is 3.86. The summed E-state index contributed by atoms with van der Waals surface area (Å²) in [5, 5.41) is 18.2. The molecule has 1 aromatic heterocycles. The Hall–Kier alpha value is -0.990. The number of hydrogen-bond acceptors (Lipinski definition) is 6. The average Bonchev–Trinajstić information content (AvgIpc) is 3.09. The van der Waals surface area contributed by atoms with E-state index in [1.165, 1.54) is 30.6 Å². The van der Waals surface area contributed by atoms with Crippen LogP contribution in [0.1, 0.15) is 33.8 Å². The molecule has 1 saturated heterocycles. The Kier molecular flexibility index (Phi) is 8.84. The highest BCUT2D eigenvalue weighted by molar-refractivity contribution is 7.14. The van der Waals surface area contributed by atoms with Gasteiger partial charge >= 0.3 is 0 Å². The molecule has 1 aliphatic heterocycles. The molecule has 1 aromatic rings. The largest absolute Gasteiger partial charge is 0.395 e. The highest BCUT2D eigenvalue weighted by Crippen LogP contribution is 2.20. The SMILES string of the molecule is CN(CCN1CCCCC1)C(=O)c1ccc(CN(CCO)CCO)s1. The first-order chi connectivity index (χ1) is 12.1. The van der Waals surface area contributed by atoms with Crippen LogP contribution in [0.2, 0.25) is 0 Å². The number of thiophene rings is 1. The number of nitrogens with zero attached hydrogens (tertiary/aromatic N) is 3. The number of likely N-dealkylation sites (tertiary alicyclic amines) is 1. The fraction of sp³-hybridized carbons (Fsp3) is 0.722. The summed E-state index contributed by atoms with van der Waals surface area (Å²) in [5.74, 6) is 0.0733. The second-order valence-corrected chi connectivity index (χ2v) is 7.79. The van der Waals surface area contributed by atoms with E-state index in [0.29, 0.717) is 19.6 Å². The van der Waals surface area contributed by atoms with Crippen LogP contribution in [0.4, 0.5) is 0 Å². The monoisotopic (exact) mass is 369 g/mol. The maximum absolute atomic E-state index is 12.6. The van der Waals surface area contributed by atoms with Crippen LogP contribution in [0.3, 0.4) is 0 Å². The molecule has 142 valence electrons. The number of aliphatic hydroxyl groups excluding tert-OH is 2. The number of piperidine rings is 1. The van der Waals surface area contributed by atoms with Gasteiger partial charge in [-0.25, -0.2) is 0 Å². The van der Waals surface area contributed by atoms with Gasteiger partial charge in [0.15, 0.2) is 0 Å². The molecule has 2 N–H and O–H groups in total. The maximum Gasteiger partial charge on any atom is 0.263 e. The first-order valence-electron chi connectivity index (χ1n) is 9.14. The van der Waals surface area contributed by atoms with Gasteiger partial charge in [0.1, 0.15) is 0 Å². The zero-order valence-electron chi connectivity index (χ0n) is 15.2. The summed E-state index contributed by atoms with van der Waals surface area (Å²) in [6.45, 7) is 5.83. The van der Waals surface area contributed by atoms with E-state index in [2.05, 4.69) is 4.90 Å². The number of likely N-dealkylation sites (N-methyl/N-ethyl adjacent to an activating group) is 1. The fourth-order valence-corrected chi connectivity index (χ4v) is 4.16. The Bertz CT molecular complexity index is 511. The summed E-state index contributed by atoms with van der Waals surface area (Å²) in [4.78, 5) is 20.7. The lowest BCUT2D eigenvalue weighted by Crippen LogP contribution is -2.38. The van der Waals surface area contributed by atoms with E-state index in [0.717, 1.165) is 35.9 Å². The van der Waals surface area contributed by atoms with Crippen molar-refractivity contribution in [1.82, 2.24) is 14.7 Å². The maximum atomic E-state index is 12.6. The molecular weight excluding hydrogens is 338 g/mol. The van der Waals surface area contributed by atoms with Gasteiger partial charge in [-0.15, -0.1) is 11.3 Å². The van der Waals surface area contributed by atoms with Crippen molar-refractivity contribution in [1.29, 1.82) is 0 Å². The fourth-order valence-electron chi connectivity index (χ4n) is 3.12. The Morgan fingerprint density at radius 2 is 1.80 bits per heavy atom. The predicted octanol–water partition coefficient (Wildman–Crippen LogP) is 1.09. The van der Waals surface area contributed by atoms with Crippen molar-refractivity contribution in [2.75, 3.05) is 59.5 Å². The van der Waals surface area contributed by atoms with E-state index in [1.807, 2.05) is 29.0 Å². The Morgan fingerprint density at radius 3 is 2.44 bits per heavy atom. The van der Waals surface area contributed by atoms with Gasteiger partial charge in [-0.05, 0) is 38.1 Å². The number of hydrogen-bond donors (Lipinski definition) is 2. The molecule has 0 bridgehead atoms. The van der Waals surface area contributed by atoms with Crippen LogP contribution in [-0.2, 0) is 6.54 Å². The van der Waals surface area contributed by atoms with Crippen molar-refractivity contribution in [2.24, 2.45) is 0 Å². The molecule has 2 heterocycles. The second-order valence-electron chi connectivity index (χ2n) is 6.62. The highest BCUT2D eigenvalue weighted by atomic mass is 32.1. The summed E-state index contributed by atoms with van der Waals surface area (Å²) in [6, 6.07) is 3.86. The lowest BCUT2D eigenvalue weighted by Gasteiger charge is -2.28. The molecule has 0 radical (unpaired) electrons. The average molecular weight is 370 g/mol. The van der Waals surface area contributed by atoms with Gasteiger partial charge in [0, 0.05) is 44.6 Å². The third kappa shape index (κ3) is 6.67. The Labute approximate surface area is 154 Å². The third-order valence-electron chi connectivity index (χ3n) is 4.63. The van der Waals surface area contributed by atoms with Gasteiger partial charge in [-0.3, -0.25) is 9.69 Å². The summed E-state index contributed by atoms with van der Waals surface area (Å²) < 4.78 is 0. The number of carbonyl (C=O) groups is 1. The van der Waals surface area contributed by atoms with Crippen LogP contribution in [0.15, 0.2) is 12.1 Å². The van der Waals surface area contributed by atoms with E-state index in [4.69, 9.17) is 10.2 Å². The molecule has 25 heavy (non-hydrogen) atoms. The van der Waals surface area contributed by atoms with E-state index in [9.17, 15) is 4.79 Å². The molecule has 7 heteroatoms. The molecule has 2 rings (SSSR count). The van der Waals surface area contributed by atoms with Crippen LogP contribution in [0.5, 0.6) is 0 Å². The van der Waals surface area contributed by atoms with Crippen LogP contribution in [-0.4, -0.2) is 90.3 Å². The summed E-state index contributed by atoms with van der Waals surface area (Å²) in [5.41, 5.74) is 0. The Morgan fingerprint density at radius 1 is 1.12 bits per heavy atom. The quantitative estimate of drug-likeness (QED) is 0.646. The van der Waals surface area contributed by atoms with E-state index < -0.39 is 0 Å². The van der Waals surface area contributed by atoms with E-state index in [1.54, 1.807) is 0 Å². The van der Waals surface area contributed by atoms with Crippen LogP contribution in [0, 0.1) is 0 Å². The van der Waals surface area contributed by atoms with Crippen LogP contribution in [0.25, 0.3) is 0 Å². The lowest BCUT2D eigenvalue weighted by atomic mass is 10.1. The molecule has 1 fully saturated rings. The topological polar surface area (TPSA) is 67.2 Å². The number of aliphatic hydroxyl groups is 2. The molecule has 6 nitrogen and oxygen atoms in total. The van der Waals surface area contributed by atoms with Crippen LogP contribution < -0.4 is 0 Å². The van der Waals surface area contributed by atoms with Crippen molar-refractivity contribution >= 4 is 17.2 Å². The zero-order valence-corrected chi connectivity index (χ0v) is 16.0. The van der Waals surface area contributed by atoms with Gasteiger partial charge in [-0.2, -0.15) is 0 Å². The molecule has 1 amide bonds. The standard InChI is InChI=1S/C18H31N3O3S/c1-19(9-10-20-7-3-2-4-8-20)18(24)17-6-5-16(25-17)15-21(11-13-22)12-14-23/h5-6,22-23H,2-4,7-15H2,1H3. The lowest BCUT2D eigenvalue weighted by molar-refractivity contribution is 0.0777. The first kappa shape index (κ1) is 20.3. The second kappa shape index (κ2) is 10.9. The van der Waals surface area contributed by atoms with Crippen LogP contribution >= 0.6 is 11.3 Å². The molecule has 0 saturated carbocycles. The number of rotatable bonds is 10. The molecule has 0 aliphatic carbocycles. The highest BCUT2D eigenvalue weighted by Gasteiger charge is 2.17. The minimum atomic E-state index is 0.0659. The first-order valence-corrected chi connectivity index (χ1v) is 9.96. The predicted molar refractivity (Wildman–Crippen MR) is 101 cm³/mol. The molecule has 0 unspecified atom stereocenters. The van der Waals surface area contributed by atoms with Gasteiger partial charge < -0.3 is 20.0 Å². The minimum absolute atomic E-state index is 0.0659. The normalized spacial score (nSPS) is 15.7. The van der Waals surface area contributed by atoms with E-state index in [-0.39, 0.29) is 19.1 Å². The van der Waals surface area contributed by atoms with Crippen molar-refractivity contribution in [3.05, 3.63) is 21.9 Å². The van der Waals surface area contributed by atoms with Crippen molar-refractivity contribution in [3.63, 3.8) is 0 Å². The number of amides is 1. The third-order valence-corrected chi connectivity index (χ3v) is 5.69. The van der Waals surface area contributed by atoms with E-state index >= 15 is 0 Å². The van der Waals surface area contributed by atoms with Gasteiger partial charge in [0.25, 0.3) is 5.91 Å². The van der Waals surface area contributed by atoms with Crippen molar-refractivity contribution in [3.8, 4) is 0 Å². The Balaban J connectivity index is 1.83. The van der Waals surface area contributed by atoms with Gasteiger partial charge in [0.2, 0.25) is 0 Å². The number of carbonyl (C=O) groups excluding carboxylic acids is 1. The van der Waals surface area contributed by atoms with Crippen molar-refractivity contribution < 1.29 is 15.0 Å². The smallest absolute Gasteiger partial charge is 0.263 e. The molecule has 0 spiro atoms. The molecular formula is C18H31N3O3S. The van der Waals surface area contributed by atoms with Crippen molar-refractivity contribution in [2.45, 2.75) is 25.8 Å². The van der Waals surface area contributed by atoms with Gasteiger partial charge in [-0.1, -0.05) is 6.42 Å². The molecule has 1 aliphatic rings.